The fourth-order valence-corrected chi connectivity index (χ4v) is 2.44. The highest BCUT2D eigenvalue weighted by molar-refractivity contribution is 6.10. The van der Waals surface area contributed by atoms with Crippen LogP contribution in [0, 0.1) is 6.92 Å². The number of carbonyl (C=O) groups excluding carboxylic acids is 1. The van der Waals surface area contributed by atoms with Crippen LogP contribution in [0.25, 0.3) is 0 Å². The van der Waals surface area contributed by atoms with Gasteiger partial charge in [0.15, 0.2) is 0 Å². The van der Waals surface area contributed by atoms with Crippen LogP contribution in [0.3, 0.4) is 0 Å². The van der Waals surface area contributed by atoms with Gasteiger partial charge in [0.2, 0.25) is 5.76 Å². The van der Waals surface area contributed by atoms with Gasteiger partial charge in [-0.25, -0.2) is 4.79 Å². The maximum absolute atomic E-state index is 12.5. The number of carboxylic acid groups (broad SMARTS) is 1. The fraction of sp³-hybridized carbons (Fsp3) is 0.214. The summed E-state index contributed by atoms with van der Waals surface area (Å²) in [5.41, 5.74) is 2.04. The van der Waals surface area contributed by atoms with Gasteiger partial charge in [-0.15, -0.1) is 0 Å². The van der Waals surface area contributed by atoms with Gasteiger partial charge in [0.1, 0.15) is 6.04 Å². The minimum atomic E-state index is -1.04. The van der Waals surface area contributed by atoms with E-state index in [2.05, 4.69) is 5.16 Å². The molecule has 1 N–H and O–H groups in total. The predicted octanol–water partition coefficient (Wildman–Crippen LogP) is 1.64. The van der Waals surface area contributed by atoms with E-state index in [1.54, 1.807) is 19.1 Å². The second kappa shape index (κ2) is 4.48. The summed E-state index contributed by atoms with van der Waals surface area (Å²) in [5.74, 6) is -1.43. The highest BCUT2D eigenvalue weighted by Gasteiger charge is 2.40. The highest BCUT2D eigenvalue weighted by atomic mass is 16.5. The second-order valence-electron chi connectivity index (χ2n) is 4.70. The summed E-state index contributed by atoms with van der Waals surface area (Å²) in [5, 5.41) is 12.9. The molecule has 0 spiro atoms. The third-order valence-electron chi connectivity index (χ3n) is 3.42. The SMILES string of the molecule is Cc1cnoc1C(=O)N1c2ccccc2CC1C(=O)O. The van der Waals surface area contributed by atoms with Crippen LogP contribution in [0.15, 0.2) is 35.0 Å². The smallest absolute Gasteiger partial charge is 0.327 e. The van der Waals surface area contributed by atoms with Crippen molar-refractivity contribution in [2.75, 3.05) is 4.90 Å². The first-order valence-electron chi connectivity index (χ1n) is 6.15. The Balaban J connectivity index is 2.07. The lowest BCUT2D eigenvalue weighted by atomic mass is 10.1. The Morgan fingerprint density at radius 3 is 2.80 bits per heavy atom. The molecule has 1 unspecified atom stereocenters. The first-order chi connectivity index (χ1) is 9.59. The van der Waals surface area contributed by atoms with Crippen LogP contribution in [-0.4, -0.2) is 28.2 Å². The van der Waals surface area contributed by atoms with E-state index in [-0.39, 0.29) is 5.76 Å². The minimum absolute atomic E-state index is 0.0768. The number of hydrogen-bond acceptors (Lipinski definition) is 4. The van der Waals surface area contributed by atoms with Crippen LogP contribution >= 0.6 is 0 Å². The molecule has 1 atom stereocenters. The third-order valence-corrected chi connectivity index (χ3v) is 3.42. The molecule has 102 valence electrons. The second-order valence-corrected chi connectivity index (χ2v) is 4.70. The molecule has 0 fully saturated rings. The van der Waals surface area contributed by atoms with Crippen LogP contribution in [0.1, 0.15) is 21.7 Å². The van der Waals surface area contributed by atoms with Crippen molar-refractivity contribution < 1.29 is 19.2 Å². The molecule has 0 bridgehead atoms. The zero-order chi connectivity index (χ0) is 14.3. The van der Waals surface area contributed by atoms with Gasteiger partial charge in [0.05, 0.1) is 6.20 Å². The number of anilines is 1. The predicted molar refractivity (Wildman–Crippen MR) is 69.6 cm³/mol. The van der Waals surface area contributed by atoms with Crippen molar-refractivity contribution in [3.8, 4) is 0 Å². The number of amides is 1. The number of benzene rings is 1. The summed E-state index contributed by atoms with van der Waals surface area (Å²) in [4.78, 5) is 25.2. The number of para-hydroxylation sites is 1. The Bertz CT molecular complexity index is 692. The summed E-state index contributed by atoms with van der Waals surface area (Å²) in [6.07, 6.45) is 1.73. The summed E-state index contributed by atoms with van der Waals surface area (Å²) >= 11 is 0. The Hall–Kier alpha value is -2.63. The maximum atomic E-state index is 12.5. The number of carbonyl (C=O) groups is 2. The van der Waals surface area contributed by atoms with E-state index in [0.717, 1.165) is 5.56 Å². The van der Waals surface area contributed by atoms with Gasteiger partial charge in [-0.2, -0.15) is 0 Å². The van der Waals surface area contributed by atoms with E-state index in [1.807, 2.05) is 12.1 Å². The molecular formula is C14H12N2O4. The lowest BCUT2D eigenvalue weighted by Gasteiger charge is -2.21. The van der Waals surface area contributed by atoms with Crippen LogP contribution in [0.5, 0.6) is 0 Å². The largest absolute Gasteiger partial charge is 0.480 e. The van der Waals surface area contributed by atoms with E-state index in [0.29, 0.717) is 17.7 Å². The normalized spacial score (nSPS) is 17.1. The van der Waals surface area contributed by atoms with Crippen molar-refractivity contribution in [3.05, 3.63) is 47.3 Å². The lowest BCUT2D eigenvalue weighted by Crippen LogP contribution is -2.43. The molecule has 2 aromatic rings. The summed E-state index contributed by atoms with van der Waals surface area (Å²) < 4.78 is 4.95. The molecule has 0 radical (unpaired) electrons. The number of fused-ring (bicyclic) bond motifs is 1. The first kappa shape index (κ1) is 12.4. The van der Waals surface area contributed by atoms with E-state index >= 15 is 0 Å². The average Bonchev–Trinajstić information content (AvgIpc) is 3.01. The van der Waals surface area contributed by atoms with Gasteiger partial charge >= 0.3 is 5.97 Å². The number of hydrogen-bond donors (Lipinski definition) is 1. The fourth-order valence-electron chi connectivity index (χ4n) is 2.44. The molecule has 6 heteroatoms. The third kappa shape index (κ3) is 1.77. The van der Waals surface area contributed by atoms with E-state index in [9.17, 15) is 14.7 Å². The Labute approximate surface area is 114 Å². The number of nitrogens with zero attached hydrogens (tertiary/aromatic N) is 2. The van der Waals surface area contributed by atoms with Crippen molar-refractivity contribution >= 4 is 17.6 Å². The van der Waals surface area contributed by atoms with Crippen LogP contribution in [0.4, 0.5) is 5.69 Å². The highest BCUT2D eigenvalue weighted by Crippen LogP contribution is 2.33. The van der Waals surface area contributed by atoms with Gasteiger partial charge in [0.25, 0.3) is 5.91 Å². The maximum Gasteiger partial charge on any atom is 0.327 e. The molecule has 0 saturated heterocycles. The van der Waals surface area contributed by atoms with E-state index in [1.165, 1.54) is 11.1 Å². The number of aryl methyl sites for hydroxylation is 1. The van der Waals surface area contributed by atoms with Gasteiger partial charge in [-0.3, -0.25) is 9.69 Å². The van der Waals surface area contributed by atoms with Gasteiger partial charge < -0.3 is 9.63 Å². The van der Waals surface area contributed by atoms with Crippen molar-refractivity contribution in [1.82, 2.24) is 5.16 Å². The van der Waals surface area contributed by atoms with Crippen molar-refractivity contribution in [2.45, 2.75) is 19.4 Å². The molecule has 20 heavy (non-hydrogen) atoms. The summed E-state index contributed by atoms with van der Waals surface area (Å²) in [6, 6.07) is 6.25. The average molecular weight is 272 g/mol. The molecule has 6 nitrogen and oxygen atoms in total. The summed E-state index contributed by atoms with van der Waals surface area (Å²) in [6.45, 7) is 1.70. The van der Waals surface area contributed by atoms with Crippen molar-refractivity contribution in [1.29, 1.82) is 0 Å². The van der Waals surface area contributed by atoms with Crippen LogP contribution < -0.4 is 4.90 Å². The summed E-state index contributed by atoms with van der Waals surface area (Å²) in [7, 11) is 0. The molecule has 3 rings (SSSR count). The monoisotopic (exact) mass is 272 g/mol. The Morgan fingerprint density at radius 2 is 2.15 bits per heavy atom. The van der Waals surface area contributed by atoms with Crippen molar-refractivity contribution in [3.63, 3.8) is 0 Å². The quantitative estimate of drug-likeness (QED) is 0.898. The van der Waals surface area contributed by atoms with Crippen molar-refractivity contribution in [2.24, 2.45) is 0 Å². The zero-order valence-electron chi connectivity index (χ0n) is 10.7. The zero-order valence-corrected chi connectivity index (χ0v) is 10.7. The first-order valence-corrected chi connectivity index (χ1v) is 6.15. The van der Waals surface area contributed by atoms with Crippen LogP contribution in [0.2, 0.25) is 0 Å². The minimum Gasteiger partial charge on any atom is -0.480 e. The molecule has 0 saturated carbocycles. The van der Waals surface area contributed by atoms with Gasteiger partial charge in [-0.05, 0) is 18.6 Å². The standard InChI is InChI=1S/C14H12N2O4/c1-8-7-15-20-12(8)13(17)16-10-5-3-2-4-9(10)6-11(16)14(18)19/h2-5,7,11H,6H2,1H3,(H,18,19). The number of aromatic nitrogens is 1. The number of aliphatic carboxylic acids is 1. The Morgan fingerprint density at radius 1 is 1.40 bits per heavy atom. The lowest BCUT2D eigenvalue weighted by molar-refractivity contribution is -0.138. The number of rotatable bonds is 2. The topological polar surface area (TPSA) is 83.6 Å². The molecule has 1 aliphatic rings. The molecule has 0 aliphatic carbocycles. The van der Waals surface area contributed by atoms with E-state index in [4.69, 9.17) is 4.52 Å². The van der Waals surface area contributed by atoms with Crippen LogP contribution in [-0.2, 0) is 11.2 Å². The van der Waals surface area contributed by atoms with Gasteiger partial charge in [-0.1, -0.05) is 23.4 Å². The Kier molecular flexibility index (Phi) is 2.78. The van der Waals surface area contributed by atoms with E-state index < -0.39 is 17.9 Å². The molecule has 2 heterocycles. The molecule has 1 aliphatic heterocycles. The number of carboxylic acids is 1. The molecule has 1 aromatic carbocycles. The van der Waals surface area contributed by atoms with Gasteiger partial charge in [0, 0.05) is 17.7 Å². The molecule has 1 aromatic heterocycles. The molecule has 1 amide bonds. The molecular weight excluding hydrogens is 260 g/mol.